The molecule has 0 saturated carbocycles. The van der Waals surface area contributed by atoms with E-state index in [1.807, 2.05) is 57.2 Å². The Kier molecular flexibility index (Phi) is 5.30. The molecule has 1 N–H and O–H groups in total. The Morgan fingerprint density at radius 1 is 1.03 bits per heavy atom. The Hall–Kier alpha value is -3.94. The second-order valence-corrected chi connectivity index (χ2v) is 7.10. The van der Waals surface area contributed by atoms with Crippen molar-refractivity contribution in [3.63, 3.8) is 0 Å². The van der Waals surface area contributed by atoms with Gasteiger partial charge in [-0.2, -0.15) is 4.68 Å². The topological polar surface area (TPSA) is 98.5 Å². The predicted octanol–water partition coefficient (Wildman–Crippen LogP) is 3.23. The lowest BCUT2D eigenvalue weighted by Gasteiger charge is -2.15. The SMILES string of the molecule is Cc1ccc(-c2cc(C(=O)NC(C)c3cnccn3)cc(-n3nnnc3C)c2)cc1. The standard InChI is InChI=1S/C22H21N7O/c1-14-4-6-17(7-5-14)18-10-19(12-20(11-18)29-16(3)26-27-28-29)22(30)25-15(2)21-13-23-8-9-24-21/h4-13,15H,1-3H3,(H,25,30). The summed E-state index contributed by atoms with van der Waals surface area (Å²) in [7, 11) is 0. The average Bonchev–Trinajstić information content (AvgIpc) is 3.20. The van der Waals surface area contributed by atoms with Crippen LogP contribution >= 0.6 is 0 Å². The number of nitrogens with one attached hydrogen (secondary N) is 1. The minimum Gasteiger partial charge on any atom is -0.344 e. The van der Waals surface area contributed by atoms with E-state index < -0.39 is 0 Å². The van der Waals surface area contributed by atoms with Crippen LogP contribution < -0.4 is 5.32 Å². The van der Waals surface area contributed by atoms with Crippen molar-refractivity contribution in [2.75, 3.05) is 0 Å². The summed E-state index contributed by atoms with van der Waals surface area (Å²) < 4.78 is 1.61. The summed E-state index contributed by atoms with van der Waals surface area (Å²) in [6.45, 7) is 5.73. The lowest BCUT2D eigenvalue weighted by atomic mass is 10.0. The number of tetrazole rings is 1. The fraction of sp³-hybridized carbons (Fsp3) is 0.182. The van der Waals surface area contributed by atoms with Crippen LogP contribution in [0.3, 0.4) is 0 Å². The smallest absolute Gasteiger partial charge is 0.251 e. The zero-order chi connectivity index (χ0) is 21.1. The van der Waals surface area contributed by atoms with Crippen molar-refractivity contribution < 1.29 is 4.79 Å². The molecule has 4 rings (SSSR count). The van der Waals surface area contributed by atoms with Crippen LogP contribution in [-0.4, -0.2) is 36.1 Å². The van der Waals surface area contributed by atoms with E-state index in [2.05, 4.69) is 30.8 Å². The van der Waals surface area contributed by atoms with Gasteiger partial charge in [-0.25, -0.2) is 0 Å². The minimum atomic E-state index is -0.285. The number of aryl methyl sites for hydroxylation is 2. The van der Waals surface area contributed by atoms with Crippen LogP contribution in [0.25, 0.3) is 16.8 Å². The molecule has 1 amide bonds. The van der Waals surface area contributed by atoms with Gasteiger partial charge in [0.2, 0.25) is 0 Å². The fourth-order valence-electron chi connectivity index (χ4n) is 3.14. The molecule has 0 aliphatic rings. The zero-order valence-electron chi connectivity index (χ0n) is 16.9. The summed E-state index contributed by atoms with van der Waals surface area (Å²) in [5.74, 6) is 0.421. The molecule has 1 atom stereocenters. The Labute approximate surface area is 174 Å². The highest BCUT2D eigenvalue weighted by molar-refractivity contribution is 5.96. The minimum absolute atomic E-state index is 0.214. The molecule has 30 heavy (non-hydrogen) atoms. The van der Waals surface area contributed by atoms with E-state index in [1.54, 1.807) is 29.3 Å². The average molecular weight is 399 g/mol. The van der Waals surface area contributed by atoms with Gasteiger partial charge in [-0.3, -0.25) is 14.8 Å². The van der Waals surface area contributed by atoms with Gasteiger partial charge in [0.05, 0.1) is 23.6 Å². The van der Waals surface area contributed by atoms with Crippen LogP contribution in [0.1, 0.15) is 40.4 Å². The molecule has 8 nitrogen and oxygen atoms in total. The number of rotatable bonds is 5. The Morgan fingerprint density at radius 3 is 2.50 bits per heavy atom. The van der Waals surface area contributed by atoms with Gasteiger partial charge in [0.1, 0.15) is 0 Å². The van der Waals surface area contributed by atoms with Crippen molar-refractivity contribution in [3.05, 3.63) is 83.7 Å². The third kappa shape index (κ3) is 4.07. The third-order valence-electron chi connectivity index (χ3n) is 4.81. The third-order valence-corrected chi connectivity index (χ3v) is 4.81. The summed E-state index contributed by atoms with van der Waals surface area (Å²) in [4.78, 5) is 21.4. The number of benzene rings is 2. The molecule has 0 saturated heterocycles. The molecule has 2 aromatic heterocycles. The Bertz CT molecular complexity index is 1170. The summed E-state index contributed by atoms with van der Waals surface area (Å²) in [6, 6.07) is 13.5. The number of nitrogens with zero attached hydrogens (tertiary/aromatic N) is 6. The first-order valence-electron chi connectivity index (χ1n) is 9.55. The van der Waals surface area contributed by atoms with Gasteiger partial charge in [0.15, 0.2) is 5.82 Å². The van der Waals surface area contributed by atoms with E-state index in [0.717, 1.165) is 11.1 Å². The first kappa shape index (κ1) is 19.4. The summed E-state index contributed by atoms with van der Waals surface area (Å²) in [5.41, 5.74) is 4.99. The normalized spacial score (nSPS) is 11.8. The quantitative estimate of drug-likeness (QED) is 0.553. The van der Waals surface area contributed by atoms with E-state index >= 15 is 0 Å². The highest BCUT2D eigenvalue weighted by Crippen LogP contribution is 2.25. The molecular weight excluding hydrogens is 378 g/mol. The van der Waals surface area contributed by atoms with Gasteiger partial charge in [-0.15, -0.1) is 5.10 Å². The van der Waals surface area contributed by atoms with Crippen molar-refractivity contribution in [2.24, 2.45) is 0 Å². The van der Waals surface area contributed by atoms with Crippen molar-refractivity contribution in [1.82, 2.24) is 35.5 Å². The highest BCUT2D eigenvalue weighted by atomic mass is 16.1. The van der Waals surface area contributed by atoms with Gasteiger partial charge in [0.25, 0.3) is 5.91 Å². The maximum atomic E-state index is 13.1. The molecule has 0 fully saturated rings. The molecule has 0 radical (unpaired) electrons. The largest absolute Gasteiger partial charge is 0.344 e. The van der Waals surface area contributed by atoms with Crippen LogP contribution in [0.15, 0.2) is 61.1 Å². The van der Waals surface area contributed by atoms with E-state index in [4.69, 9.17) is 0 Å². The Morgan fingerprint density at radius 2 is 1.83 bits per heavy atom. The number of carbonyl (C=O) groups is 1. The van der Waals surface area contributed by atoms with Crippen molar-refractivity contribution in [2.45, 2.75) is 26.8 Å². The number of carbonyl (C=O) groups excluding carboxylic acids is 1. The van der Waals surface area contributed by atoms with E-state index in [1.165, 1.54) is 5.56 Å². The first-order chi connectivity index (χ1) is 14.5. The summed E-state index contributed by atoms with van der Waals surface area (Å²) >= 11 is 0. The van der Waals surface area contributed by atoms with Crippen molar-refractivity contribution in [3.8, 4) is 16.8 Å². The van der Waals surface area contributed by atoms with E-state index in [9.17, 15) is 4.79 Å². The molecular formula is C22H21N7O. The number of amides is 1. The monoisotopic (exact) mass is 399 g/mol. The van der Waals surface area contributed by atoms with Crippen molar-refractivity contribution in [1.29, 1.82) is 0 Å². The Balaban J connectivity index is 1.73. The number of hydrogen-bond donors (Lipinski definition) is 1. The summed E-state index contributed by atoms with van der Waals surface area (Å²) in [6.07, 6.45) is 4.85. The van der Waals surface area contributed by atoms with Gasteiger partial charge in [-0.05, 0) is 60.5 Å². The van der Waals surface area contributed by atoms with Gasteiger partial charge in [0, 0.05) is 18.0 Å². The summed E-state index contributed by atoms with van der Waals surface area (Å²) in [5, 5.41) is 14.7. The second kappa shape index (κ2) is 8.20. The fourth-order valence-corrected chi connectivity index (χ4v) is 3.14. The number of hydrogen-bond acceptors (Lipinski definition) is 6. The maximum absolute atomic E-state index is 13.1. The predicted molar refractivity (Wildman–Crippen MR) is 112 cm³/mol. The van der Waals surface area contributed by atoms with Crippen molar-refractivity contribution >= 4 is 5.91 Å². The van der Waals surface area contributed by atoms with Gasteiger partial charge >= 0.3 is 0 Å². The molecule has 1 unspecified atom stereocenters. The zero-order valence-corrected chi connectivity index (χ0v) is 16.9. The maximum Gasteiger partial charge on any atom is 0.251 e. The van der Waals surface area contributed by atoms with Crippen LogP contribution in [0.4, 0.5) is 0 Å². The lowest BCUT2D eigenvalue weighted by Crippen LogP contribution is -2.27. The molecule has 0 aliphatic heterocycles. The second-order valence-electron chi connectivity index (χ2n) is 7.10. The van der Waals surface area contributed by atoms with E-state index in [-0.39, 0.29) is 11.9 Å². The van der Waals surface area contributed by atoms with Crippen LogP contribution in [0, 0.1) is 13.8 Å². The van der Waals surface area contributed by atoms with Crippen LogP contribution in [0.5, 0.6) is 0 Å². The molecule has 150 valence electrons. The molecule has 4 aromatic rings. The number of aromatic nitrogens is 6. The van der Waals surface area contributed by atoms with Gasteiger partial charge in [-0.1, -0.05) is 29.8 Å². The van der Waals surface area contributed by atoms with Crippen LogP contribution in [-0.2, 0) is 0 Å². The first-order valence-corrected chi connectivity index (χ1v) is 9.55. The highest BCUT2D eigenvalue weighted by Gasteiger charge is 2.16. The molecule has 2 heterocycles. The molecule has 8 heteroatoms. The molecule has 0 spiro atoms. The van der Waals surface area contributed by atoms with Crippen LogP contribution in [0.2, 0.25) is 0 Å². The lowest BCUT2D eigenvalue weighted by molar-refractivity contribution is 0.0939. The molecule has 0 aliphatic carbocycles. The van der Waals surface area contributed by atoms with Gasteiger partial charge < -0.3 is 5.32 Å². The van der Waals surface area contributed by atoms with E-state index in [0.29, 0.717) is 22.8 Å². The molecule has 0 bridgehead atoms. The molecule has 2 aromatic carbocycles.